The summed E-state index contributed by atoms with van der Waals surface area (Å²) in [5.74, 6) is -0.451. The molecule has 0 unspecified atom stereocenters. The number of carbonyl (C=O) groups excluding carboxylic acids is 1. The molecule has 0 aromatic carbocycles. The first-order chi connectivity index (χ1) is 8.09. The van der Waals surface area contributed by atoms with E-state index in [9.17, 15) is 4.79 Å². The van der Waals surface area contributed by atoms with Gasteiger partial charge >= 0.3 is 0 Å². The van der Waals surface area contributed by atoms with Gasteiger partial charge in [-0.05, 0) is 12.8 Å². The average Bonchev–Trinajstić information content (AvgIpc) is 2.88. The lowest BCUT2D eigenvalue weighted by Gasteiger charge is -2.30. The predicted molar refractivity (Wildman–Crippen MR) is 60.7 cm³/mol. The summed E-state index contributed by atoms with van der Waals surface area (Å²) in [6, 6.07) is 1.44. The smallest absolute Gasteiger partial charge is 0.274 e. The molecule has 1 aromatic heterocycles. The zero-order valence-corrected chi connectivity index (χ0v) is 9.80. The molecule has 0 fully saturated rings. The molecular formula is C10H16N4O3. The van der Waals surface area contributed by atoms with Gasteiger partial charge in [-0.25, -0.2) is 0 Å². The topological polar surface area (TPSA) is 114 Å². The van der Waals surface area contributed by atoms with Crippen molar-refractivity contribution in [3.8, 4) is 0 Å². The fourth-order valence-corrected chi connectivity index (χ4v) is 1.56. The van der Waals surface area contributed by atoms with Crippen molar-refractivity contribution in [3.05, 3.63) is 18.0 Å². The van der Waals surface area contributed by atoms with Crippen LogP contribution in [0.2, 0.25) is 0 Å². The Bertz CT molecular complexity index is 396. The van der Waals surface area contributed by atoms with E-state index in [0.29, 0.717) is 12.8 Å². The van der Waals surface area contributed by atoms with Crippen molar-refractivity contribution < 1.29 is 14.5 Å². The minimum absolute atomic E-state index is 0.0284. The molecule has 1 rings (SSSR count). The quantitative estimate of drug-likeness (QED) is 0.303. The van der Waals surface area contributed by atoms with Gasteiger partial charge in [0.25, 0.3) is 5.91 Å². The normalized spacial score (nSPS) is 12.5. The maximum absolute atomic E-state index is 11.8. The van der Waals surface area contributed by atoms with Crippen molar-refractivity contribution in [2.75, 3.05) is 0 Å². The molecule has 0 atom stereocenters. The molecule has 1 aromatic rings. The molecule has 0 aliphatic rings. The van der Waals surface area contributed by atoms with Crippen molar-refractivity contribution >= 4 is 11.7 Å². The number of oxime groups is 1. The highest BCUT2D eigenvalue weighted by atomic mass is 16.5. The van der Waals surface area contributed by atoms with Crippen molar-refractivity contribution in [2.45, 2.75) is 32.2 Å². The second-order valence-electron chi connectivity index (χ2n) is 3.61. The Balaban J connectivity index is 2.91. The number of aromatic nitrogens is 1. The molecule has 0 saturated carbocycles. The Kier molecular flexibility index (Phi) is 4.08. The van der Waals surface area contributed by atoms with E-state index in [0.717, 1.165) is 0 Å². The van der Waals surface area contributed by atoms with Crippen LogP contribution in [0.5, 0.6) is 0 Å². The van der Waals surface area contributed by atoms with Gasteiger partial charge in [-0.3, -0.25) is 4.79 Å². The first-order valence-electron chi connectivity index (χ1n) is 5.30. The van der Waals surface area contributed by atoms with E-state index in [4.69, 9.17) is 10.9 Å². The van der Waals surface area contributed by atoms with Gasteiger partial charge in [-0.2, -0.15) is 0 Å². The molecule has 1 amide bonds. The maximum Gasteiger partial charge on any atom is 0.274 e. The third-order valence-electron chi connectivity index (χ3n) is 2.83. The van der Waals surface area contributed by atoms with Gasteiger partial charge in [0.2, 0.25) is 0 Å². The summed E-state index contributed by atoms with van der Waals surface area (Å²) < 4.78 is 4.58. The lowest BCUT2D eigenvalue weighted by Crippen LogP contribution is -2.56. The van der Waals surface area contributed by atoms with Crippen LogP contribution in [-0.4, -0.2) is 27.6 Å². The average molecular weight is 240 g/mol. The summed E-state index contributed by atoms with van der Waals surface area (Å²) in [6.45, 7) is 3.68. The molecule has 17 heavy (non-hydrogen) atoms. The number of amidine groups is 1. The van der Waals surface area contributed by atoms with E-state index >= 15 is 0 Å². The van der Waals surface area contributed by atoms with Crippen LogP contribution in [0, 0.1) is 0 Å². The van der Waals surface area contributed by atoms with E-state index < -0.39 is 11.4 Å². The zero-order valence-electron chi connectivity index (χ0n) is 9.80. The third kappa shape index (κ3) is 2.55. The van der Waals surface area contributed by atoms with Crippen molar-refractivity contribution in [2.24, 2.45) is 10.9 Å². The minimum Gasteiger partial charge on any atom is -0.409 e. The molecule has 94 valence electrons. The van der Waals surface area contributed by atoms with Crippen LogP contribution in [-0.2, 0) is 0 Å². The highest BCUT2D eigenvalue weighted by Gasteiger charge is 2.34. The fraction of sp³-hybridized carbons (Fsp3) is 0.500. The third-order valence-corrected chi connectivity index (χ3v) is 2.83. The standard InChI is InChI=1S/C10H16N4O3/c1-3-10(4-2,9(11)13-16)12-8(15)7-5-6-17-14-7/h5-6,16H,3-4H2,1-2H3,(H2,11,13)(H,12,15). The Morgan fingerprint density at radius 1 is 1.65 bits per heavy atom. The summed E-state index contributed by atoms with van der Waals surface area (Å²) in [6.07, 6.45) is 2.31. The van der Waals surface area contributed by atoms with Gasteiger partial charge in [0.15, 0.2) is 11.5 Å². The van der Waals surface area contributed by atoms with Gasteiger partial charge in [-0.15, -0.1) is 0 Å². The molecule has 0 radical (unpaired) electrons. The lowest BCUT2D eigenvalue weighted by molar-refractivity contribution is 0.0908. The van der Waals surface area contributed by atoms with Gasteiger partial charge < -0.3 is 20.8 Å². The molecule has 7 nitrogen and oxygen atoms in total. The van der Waals surface area contributed by atoms with Crippen LogP contribution < -0.4 is 11.1 Å². The molecule has 0 aliphatic heterocycles. The number of nitrogens with two attached hydrogens (primary N) is 1. The lowest BCUT2D eigenvalue weighted by atomic mass is 9.91. The number of nitrogens with zero attached hydrogens (tertiary/aromatic N) is 2. The number of amides is 1. The van der Waals surface area contributed by atoms with Crippen LogP contribution in [0.15, 0.2) is 22.0 Å². The summed E-state index contributed by atoms with van der Waals surface area (Å²) >= 11 is 0. The maximum atomic E-state index is 11.8. The van der Waals surface area contributed by atoms with Crippen LogP contribution in [0.4, 0.5) is 0 Å². The number of carbonyl (C=O) groups is 1. The minimum atomic E-state index is -0.870. The van der Waals surface area contributed by atoms with Crippen LogP contribution >= 0.6 is 0 Å². The number of rotatable bonds is 5. The van der Waals surface area contributed by atoms with Crippen molar-refractivity contribution in [3.63, 3.8) is 0 Å². The van der Waals surface area contributed by atoms with E-state index in [1.165, 1.54) is 12.3 Å². The van der Waals surface area contributed by atoms with Gasteiger partial charge in [-0.1, -0.05) is 24.2 Å². The summed E-state index contributed by atoms with van der Waals surface area (Å²) in [4.78, 5) is 11.8. The molecule has 0 aliphatic carbocycles. The molecule has 4 N–H and O–H groups in total. The first kappa shape index (κ1) is 13.0. The zero-order chi connectivity index (χ0) is 12.9. The summed E-state index contributed by atoms with van der Waals surface area (Å²) in [5.41, 5.74) is 4.90. The van der Waals surface area contributed by atoms with Crippen molar-refractivity contribution in [1.82, 2.24) is 10.5 Å². The van der Waals surface area contributed by atoms with Gasteiger partial charge in [0, 0.05) is 6.07 Å². The van der Waals surface area contributed by atoms with Gasteiger partial charge in [0.1, 0.15) is 11.8 Å². The second kappa shape index (κ2) is 5.33. The highest BCUT2D eigenvalue weighted by molar-refractivity contribution is 5.99. The van der Waals surface area contributed by atoms with Crippen LogP contribution in [0.1, 0.15) is 37.2 Å². The first-order valence-corrected chi connectivity index (χ1v) is 5.30. The molecule has 7 heteroatoms. The Labute approximate surface area is 98.6 Å². The number of nitrogens with one attached hydrogen (secondary N) is 1. The Morgan fingerprint density at radius 3 is 2.71 bits per heavy atom. The largest absolute Gasteiger partial charge is 0.409 e. The highest BCUT2D eigenvalue weighted by Crippen LogP contribution is 2.16. The summed E-state index contributed by atoms with van der Waals surface area (Å²) in [5, 5.41) is 18.0. The van der Waals surface area contributed by atoms with E-state index in [1.807, 2.05) is 13.8 Å². The molecular weight excluding hydrogens is 224 g/mol. The van der Waals surface area contributed by atoms with E-state index in [-0.39, 0.29) is 11.5 Å². The molecule has 0 bridgehead atoms. The second-order valence-corrected chi connectivity index (χ2v) is 3.61. The van der Waals surface area contributed by atoms with E-state index in [1.54, 1.807) is 0 Å². The van der Waals surface area contributed by atoms with Crippen LogP contribution in [0.25, 0.3) is 0 Å². The summed E-state index contributed by atoms with van der Waals surface area (Å²) in [7, 11) is 0. The number of hydrogen-bond donors (Lipinski definition) is 3. The van der Waals surface area contributed by atoms with E-state index in [2.05, 4.69) is 20.2 Å². The molecule has 0 saturated heterocycles. The predicted octanol–water partition coefficient (Wildman–Crippen LogP) is 0.710. The van der Waals surface area contributed by atoms with Crippen molar-refractivity contribution in [1.29, 1.82) is 0 Å². The molecule has 1 heterocycles. The number of hydrogen-bond acceptors (Lipinski definition) is 5. The Hall–Kier alpha value is -2.05. The van der Waals surface area contributed by atoms with Gasteiger partial charge in [0.05, 0.1) is 0 Å². The SMILES string of the molecule is CCC(CC)(NC(=O)c1ccon1)C(N)=NO. The monoisotopic (exact) mass is 240 g/mol. The fourth-order valence-electron chi connectivity index (χ4n) is 1.56. The molecule has 0 spiro atoms. The Morgan fingerprint density at radius 2 is 2.29 bits per heavy atom. The van der Waals surface area contributed by atoms with Crippen LogP contribution in [0.3, 0.4) is 0 Å².